The Kier molecular flexibility index (Phi) is 6.15. The van der Waals surface area contributed by atoms with Crippen LogP contribution in [0.5, 0.6) is 0 Å². The Labute approximate surface area is 130 Å². The van der Waals surface area contributed by atoms with Gasteiger partial charge in [-0.15, -0.1) is 11.3 Å². The van der Waals surface area contributed by atoms with E-state index in [9.17, 15) is 4.39 Å². The summed E-state index contributed by atoms with van der Waals surface area (Å²) < 4.78 is 20.8. The quantitative estimate of drug-likeness (QED) is 0.713. The number of hydrogen-bond donors (Lipinski definition) is 1. The molecule has 0 amide bonds. The van der Waals surface area contributed by atoms with Crippen molar-refractivity contribution in [2.45, 2.75) is 40.3 Å². The van der Waals surface area contributed by atoms with Gasteiger partial charge in [0.25, 0.3) is 0 Å². The van der Waals surface area contributed by atoms with E-state index in [2.05, 4.69) is 26.1 Å². The molecule has 1 heterocycles. The molecule has 116 valence electrons. The van der Waals surface area contributed by atoms with Crippen molar-refractivity contribution in [1.29, 1.82) is 0 Å². The van der Waals surface area contributed by atoms with Crippen molar-refractivity contribution in [1.82, 2.24) is 5.32 Å². The first-order valence-electron chi connectivity index (χ1n) is 7.60. The van der Waals surface area contributed by atoms with Crippen LogP contribution < -0.4 is 5.32 Å². The minimum atomic E-state index is -0.144. The zero-order chi connectivity index (χ0) is 15.2. The highest BCUT2D eigenvalue weighted by atomic mass is 32.1. The van der Waals surface area contributed by atoms with Crippen LogP contribution in [0, 0.1) is 11.7 Å². The second kappa shape index (κ2) is 7.87. The van der Waals surface area contributed by atoms with Gasteiger partial charge in [-0.1, -0.05) is 26.8 Å². The third-order valence-electron chi connectivity index (χ3n) is 3.28. The largest absolute Gasteiger partial charge is 0.377 e. The summed E-state index contributed by atoms with van der Waals surface area (Å²) in [6, 6.07) is 5.29. The van der Waals surface area contributed by atoms with Crippen molar-refractivity contribution < 1.29 is 9.13 Å². The fourth-order valence-corrected chi connectivity index (χ4v) is 3.50. The Morgan fingerprint density at radius 3 is 2.86 bits per heavy atom. The van der Waals surface area contributed by atoms with Crippen LogP contribution in [0.2, 0.25) is 0 Å². The molecular formula is C17H24FNOS. The first-order valence-corrected chi connectivity index (χ1v) is 8.42. The molecule has 2 nitrogen and oxygen atoms in total. The molecule has 1 aromatic heterocycles. The molecule has 0 aliphatic rings. The third-order valence-corrected chi connectivity index (χ3v) is 4.48. The Hall–Kier alpha value is -0.970. The number of fused-ring (bicyclic) bond motifs is 1. The summed E-state index contributed by atoms with van der Waals surface area (Å²) in [5.41, 5.74) is 1.01. The molecule has 0 saturated carbocycles. The maximum Gasteiger partial charge on any atom is 0.132 e. The fourth-order valence-electron chi connectivity index (χ4n) is 2.30. The normalized spacial score (nSPS) is 11.7. The summed E-state index contributed by atoms with van der Waals surface area (Å²) in [4.78, 5) is 1.19. The van der Waals surface area contributed by atoms with Crippen LogP contribution in [-0.2, 0) is 17.9 Å². The Morgan fingerprint density at radius 1 is 1.33 bits per heavy atom. The molecule has 0 bridgehead atoms. The zero-order valence-electron chi connectivity index (χ0n) is 13.0. The zero-order valence-corrected chi connectivity index (χ0v) is 13.9. The van der Waals surface area contributed by atoms with Gasteiger partial charge in [0.2, 0.25) is 0 Å². The van der Waals surface area contributed by atoms with Crippen molar-refractivity contribution in [2.24, 2.45) is 5.92 Å². The van der Waals surface area contributed by atoms with Gasteiger partial charge in [-0.3, -0.25) is 0 Å². The van der Waals surface area contributed by atoms with Crippen LogP contribution in [0.15, 0.2) is 18.2 Å². The molecule has 0 atom stereocenters. The SMILES string of the molecule is CCCOCc1c(CNCC(C)C)sc2cccc(F)c12. The van der Waals surface area contributed by atoms with Crippen LogP contribution in [0.1, 0.15) is 37.6 Å². The van der Waals surface area contributed by atoms with Gasteiger partial charge in [-0.2, -0.15) is 0 Å². The number of rotatable bonds is 8. The van der Waals surface area contributed by atoms with Gasteiger partial charge in [0.15, 0.2) is 0 Å². The van der Waals surface area contributed by atoms with Crippen molar-refractivity contribution >= 4 is 21.4 Å². The molecule has 1 N–H and O–H groups in total. The van der Waals surface area contributed by atoms with Crippen LogP contribution in [0.3, 0.4) is 0 Å². The van der Waals surface area contributed by atoms with Crippen LogP contribution in [-0.4, -0.2) is 13.2 Å². The van der Waals surface area contributed by atoms with Crippen molar-refractivity contribution in [2.75, 3.05) is 13.2 Å². The van der Waals surface area contributed by atoms with E-state index < -0.39 is 0 Å². The van der Waals surface area contributed by atoms with E-state index in [0.29, 0.717) is 19.1 Å². The molecule has 0 radical (unpaired) electrons. The van der Waals surface area contributed by atoms with E-state index in [1.165, 1.54) is 10.9 Å². The summed E-state index contributed by atoms with van der Waals surface area (Å²) in [7, 11) is 0. The summed E-state index contributed by atoms with van der Waals surface area (Å²) in [5, 5.41) is 4.18. The molecule has 21 heavy (non-hydrogen) atoms. The molecule has 0 unspecified atom stereocenters. The van der Waals surface area contributed by atoms with Gasteiger partial charge in [0, 0.05) is 33.7 Å². The minimum Gasteiger partial charge on any atom is -0.377 e. The first kappa shape index (κ1) is 16.4. The van der Waals surface area contributed by atoms with E-state index in [1.54, 1.807) is 17.4 Å². The monoisotopic (exact) mass is 309 g/mol. The maximum absolute atomic E-state index is 14.2. The van der Waals surface area contributed by atoms with Gasteiger partial charge in [0.05, 0.1) is 6.61 Å². The predicted molar refractivity (Wildman–Crippen MR) is 88.3 cm³/mol. The number of halogens is 1. The molecule has 0 saturated heterocycles. The van der Waals surface area contributed by atoms with E-state index >= 15 is 0 Å². The molecule has 0 spiro atoms. The highest BCUT2D eigenvalue weighted by molar-refractivity contribution is 7.19. The molecular weight excluding hydrogens is 285 g/mol. The summed E-state index contributed by atoms with van der Waals surface area (Å²) in [6.45, 7) is 9.40. The average molecular weight is 309 g/mol. The predicted octanol–water partition coefficient (Wildman–Crippen LogP) is 4.71. The van der Waals surface area contributed by atoms with Crippen LogP contribution >= 0.6 is 11.3 Å². The van der Waals surface area contributed by atoms with E-state index in [0.717, 1.165) is 35.2 Å². The highest BCUT2D eigenvalue weighted by Gasteiger charge is 2.15. The van der Waals surface area contributed by atoms with Crippen molar-refractivity contribution in [3.05, 3.63) is 34.5 Å². The summed E-state index contributed by atoms with van der Waals surface area (Å²) >= 11 is 1.67. The maximum atomic E-state index is 14.2. The number of nitrogens with one attached hydrogen (secondary N) is 1. The van der Waals surface area contributed by atoms with Crippen molar-refractivity contribution in [3.63, 3.8) is 0 Å². The number of hydrogen-bond acceptors (Lipinski definition) is 3. The highest BCUT2D eigenvalue weighted by Crippen LogP contribution is 2.33. The second-order valence-electron chi connectivity index (χ2n) is 5.69. The first-order chi connectivity index (χ1) is 10.1. The Bertz CT molecular complexity index is 579. The third kappa shape index (κ3) is 4.25. The molecule has 0 fully saturated rings. The number of ether oxygens (including phenoxy) is 1. The van der Waals surface area contributed by atoms with Gasteiger partial charge < -0.3 is 10.1 Å². The Morgan fingerprint density at radius 2 is 2.14 bits per heavy atom. The number of thiophene rings is 1. The van der Waals surface area contributed by atoms with E-state index in [-0.39, 0.29) is 5.82 Å². The van der Waals surface area contributed by atoms with Crippen LogP contribution in [0.4, 0.5) is 4.39 Å². The van der Waals surface area contributed by atoms with Crippen LogP contribution in [0.25, 0.3) is 10.1 Å². The molecule has 0 aliphatic carbocycles. The van der Waals surface area contributed by atoms with Gasteiger partial charge in [-0.25, -0.2) is 4.39 Å². The van der Waals surface area contributed by atoms with Gasteiger partial charge in [-0.05, 0) is 31.0 Å². The minimum absolute atomic E-state index is 0.144. The van der Waals surface area contributed by atoms with Gasteiger partial charge in [0.1, 0.15) is 5.82 Å². The molecule has 2 aromatic rings. The lowest BCUT2D eigenvalue weighted by atomic mass is 10.1. The number of benzene rings is 1. The van der Waals surface area contributed by atoms with Crippen molar-refractivity contribution in [3.8, 4) is 0 Å². The van der Waals surface area contributed by atoms with E-state index in [4.69, 9.17) is 4.74 Å². The lowest BCUT2D eigenvalue weighted by Gasteiger charge is -2.09. The average Bonchev–Trinajstić information content (AvgIpc) is 2.78. The molecule has 0 aliphatic heterocycles. The lowest BCUT2D eigenvalue weighted by Crippen LogP contribution is -2.19. The second-order valence-corrected chi connectivity index (χ2v) is 6.83. The van der Waals surface area contributed by atoms with E-state index in [1.807, 2.05) is 6.07 Å². The smallest absolute Gasteiger partial charge is 0.132 e. The summed E-state index contributed by atoms with van der Waals surface area (Å²) in [6.07, 6.45) is 0.978. The molecule has 2 rings (SSSR count). The molecule has 1 aromatic carbocycles. The lowest BCUT2D eigenvalue weighted by molar-refractivity contribution is 0.122. The summed E-state index contributed by atoms with van der Waals surface area (Å²) in [5.74, 6) is 0.463. The topological polar surface area (TPSA) is 21.3 Å². The standard InChI is InChI=1S/C17H24FNOS/c1-4-8-20-11-13-16(10-19-9-12(2)3)21-15-7-5-6-14(18)17(13)15/h5-7,12,19H,4,8-11H2,1-3H3. The fraction of sp³-hybridized carbons (Fsp3) is 0.529. The van der Waals surface area contributed by atoms with Gasteiger partial charge >= 0.3 is 0 Å². The Balaban J connectivity index is 2.24. The molecule has 4 heteroatoms.